The number of rotatable bonds is 5. The minimum atomic E-state index is 0.418. The molecule has 2 rings (SSSR count). The second-order valence-electron chi connectivity index (χ2n) is 4.56. The van der Waals surface area contributed by atoms with Gasteiger partial charge in [-0.05, 0) is 45.3 Å². The van der Waals surface area contributed by atoms with Crippen LogP contribution in [0.5, 0.6) is 0 Å². The van der Waals surface area contributed by atoms with Crippen molar-refractivity contribution in [2.24, 2.45) is 0 Å². The average Bonchev–Trinajstić information content (AvgIpc) is 2.80. The van der Waals surface area contributed by atoms with Crippen molar-refractivity contribution in [3.05, 3.63) is 17.5 Å². The number of ether oxygens (including phenoxy) is 1. The number of nitrogens with one attached hydrogen (secondary N) is 1. The number of nitrogens with zero attached hydrogens (tertiary/aromatic N) is 2. The normalized spacial score (nSPS) is 17.5. The fraction of sp³-hybridized carbons (Fsp3) is 0.769. The summed E-state index contributed by atoms with van der Waals surface area (Å²) in [6.45, 7) is 8.05. The van der Waals surface area contributed by atoms with Crippen LogP contribution in [0.25, 0.3) is 0 Å². The fourth-order valence-corrected chi connectivity index (χ4v) is 2.24. The van der Waals surface area contributed by atoms with Crippen molar-refractivity contribution in [3.63, 3.8) is 0 Å². The third-order valence-corrected chi connectivity index (χ3v) is 3.33. The van der Waals surface area contributed by atoms with Crippen molar-refractivity contribution in [2.45, 2.75) is 52.4 Å². The molecule has 0 aromatic carbocycles. The quantitative estimate of drug-likeness (QED) is 0.847. The van der Waals surface area contributed by atoms with Gasteiger partial charge in [0.1, 0.15) is 0 Å². The van der Waals surface area contributed by atoms with Crippen molar-refractivity contribution in [1.29, 1.82) is 0 Å². The van der Waals surface area contributed by atoms with E-state index in [1.165, 1.54) is 5.69 Å². The van der Waals surface area contributed by atoms with E-state index in [-0.39, 0.29) is 0 Å². The molecule has 1 aromatic heterocycles. The zero-order chi connectivity index (χ0) is 12.1. The third kappa shape index (κ3) is 3.30. The molecule has 17 heavy (non-hydrogen) atoms. The maximum absolute atomic E-state index is 5.97. The smallest absolute Gasteiger partial charge is 0.0888 e. The highest BCUT2D eigenvalue weighted by atomic mass is 16.5. The van der Waals surface area contributed by atoms with E-state index in [0.29, 0.717) is 12.7 Å². The van der Waals surface area contributed by atoms with Crippen LogP contribution < -0.4 is 5.32 Å². The van der Waals surface area contributed by atoms with Crippen molar-refractivity contribution < 1.29 is 4.74 Å². The largest absolute Gasteiger partial charge is 0.372 e. The van der Waals surface area contributed by atoms with Gasteiger partial charge in [-0.15, -0.1) is 0 Å². The van der Waals surface area contributed by atoms with E-state index >= 15 is 0 Å². The molecule has 1 aromatic rings. The molecule has 0 amide bonds. The molecular weight excluding hydrogens is 214 g/mol. The maximum atomic E-state index is 5.97. The van der Waals surface area contributed by atoms with Crippen LogP contribution in [-0.4, -0.2) is 29.0 Å². The summed E-state index contributed by atoms with van der Waals surface area (Å²) in [7, 11) is 0. The van der Waals surface area contributed by atoms with Crippen LogP contribution >= 0.6 is 0 Å². The molecule has 4 heteroatoms. The Morgan fingerprint density at radius 1 is 1.41 bits per heavy atom. The average molecular weight is 237 g/mol. The lowest BCUT2D eigenvalue weighted by Gasteiger charge is -2.22. The summed E-state index contributed by atoms with van der Waals surface area (Å²) >= 11 is 0. The number of aryl methyl sites for hydroxylation is 2. The van der Waals surface area contributed by atoms with Crippen molar-refractivity contribution in [1.82, 2.24) is 15.1 Å². The molecule has 1 aliphatic heterocycles. The molecule has 0 spiro atoms. The van der Waals surface area contributed by atoms with E-state index in [1.54, 1.807) is 0 Å². The van der Waals surface area contributed by atoms with Gasteiger partial charge < -0.3 is 10.1 Å². The lowest BCUT2D eigenvalue weighted by atomic mass is 10.1. The van der Waals surface area contributed by atoms with Crippen molar-refractivity contribution in [2.75, 3.05) is 13.1 Å². The first kappa shape index (κ1) is 12.6. The molecule has 0 atom stereocenters. The Morgan fingerprint density at radius 3 is 2.82 bits per heavy atom. The number of hydrogen-bond acceptors (Lipinski definition) is 3. The van der Waals surface area contributed by atoms with Gasteiger partial charge in [0.05, 0.1) is 24.1 Å². The summed E-state index contributed by atoms with van der Waals surface area (Å²) in [5.41, 5.74) is 2.37. The molecule has 2 heterocycles. The predicted molar refractivity (Wildman–Crippen MR) is 68.0 cm³/mol. The summed E-state index contributed by atoms with van der Waals surface area (Å²) in [6.07, 6.45) is 3.66. The van der Waals surface area contributed by atoms with Gasteiger partial charge >= 0.3 is 0 Å². The molecule has 1 aliphatic rings. The van der Waals surface area contributed by atoms with Gasteiger partial charge in [0, 0.05) is 6.54 Å². The first-order valence-corrected chi connectivity index (χ1v) is 6.71. The highest BCUT2D eigenvalue weighted by molar-refractivity contribution is 5.09. The van der Waals surface area contributed by atoms with Crippen LogP contribution in [0.4, 0.5) is 0 Å². The summed E-state index contributed by atoms with van der Waals surface area (Å²) in [4.78, 5) is 0. The van der Waals surface area contributed by atoms with Gasteiger partial charge in [0.2, 0.25) is 0 Å². The first-order chi connectivity index (χ1) is 8.33. The molecule has 0 aliphatic carbocycles. The second-order valence-corrected chi connectivity index (χ2v) is 4.56. The number of piperidine rings is 1. The van der Waals surface area contributed by atoms with E-state index in [2.05, 4.69) is 35.0 Å². The summed E-state index contributed by atoms with van der Waals surface area (Å²) in [5, 5.41) is 7.89. The van der Waals surface area contributed by atoms with E-state index in [4.69, 9.17) is 4.74 Å². The minimum Gasteiger partial charge on any atom is -0.372 e. The third-order valence-electron chi connectivity index (χ3n) is 3.33. The van der Waals surface area contributed by atoms with Crippen LogP contribution in [0.2, 0.25) is 0 Å². The highest BCUT2D eigenvalue weighted by Gasteiger charge is 2.14. The molecule has 96 valence electrons. The van der Waals surface area contributed by atoms with E-state index in [1.807, 2.05) is 0 Å². The number of hydrogen-bond donors (Lipinski definition) is 1. The Labute approximate surface area is 103 Å². The van der Waals surface area contributed by atoms with E-state index in [9.17, 15) is 0 Å². The first-order valence-electron chi connectivity index (χ1n) is 6.71. The zero-order valence-electron chi connectivity index (χ0n) is 10.9. The second kappa shape index (κ2) is 6.17. The molecule has 0 bridgehead atoms. The highest BCUT2D eigenvalue weighted by Crippen LogP contribution is 2.12. The molecule has 1 saturated heterocycles. The van der Waals surface area contributed by atoms with Crippen LogP contribution in [0.1, 0.15) is 38.1 Å². The molecule has 0 unspecified atom stereocenters. The Hall–Kier alpha value is -0.870. The number of aromatic nitrogens is 2. The van der Waals surface area contributed by atoms with Gasteiger partial charge in [0.15, 0.2) is 0 Å². The van der Waals surface area contributed by atoms with Crippen LogP contribution in [-0.2, 0) is 24.3 Å². The zero-order valence-corrected chi connectivity index (χ0v) is 10.9. The Kier molecular flexibility index (Phi) is 4.57. The Morgan fingerprint density at radius 2 is 2.18 bits per heavy atom. The maximum Gasteiger partial charge on any atom is 0.0888 e. The van der Waals surface area contributed by atoms with Gasteiger partial charge in [-0.3, -0.25) is 4.68 Å². The van der Waals surface area contributed by atoms with Crippen LogP contribution in [0.3, 0.4) is 0 Å². The lowest BCUT2D eigenvalue weighted by Crippen LogP contribution is -2.32. The van der Waals surface area contributed by atoms with Crippen molar-refractivity contribution >= 4 is 0 Å². The van der Waals surface area contributed by atoms with Crippen LogP contribution in [0, 0.1) is 0 Å². The van der Waals surface area contributed by atoms with Gasteiger partial charge in [-0.1, -0.05) is 6.92 Å². The molecule has 4 nitrogen and oxygen atoms in total. The minimum absolute atomic E-state index is 0.418. The Balaban J connectivity index is 1.90. The molecule has 0 saturated carbocycles. The van der Waals surface area contributed by atoms with Gasteiger partial charge in [-0.25, -0.2) is 0 Å². The summed E-state index contributed by atoms with van der Waals surface area (Å²) in [6, 6.07) is 2.17. The van der Waals surface area contributed by atoms with E-state index in [0.717, 1.165) is 44.6 Å². The van der Waals surface area contributed by atoms with Gasteiger partial charge in [-0.2, -0.15) is 5.10 Å². The SMILES string of the molecule is CCc1cc(COC2CCNCC2)n(CC)n1. The molecule has 1 N–H and O–H groups in total. The van der Waals surface area contributed by atoms with Crippen LogP contribution in [0.15, 0.2) is 6.07 Å². The fourth-order valence-electron chi connectivity index (χ4n) is 2.24. The predicted octanol–water partition coefficient (Wildman–Crippen LogP) is 1.73. The molecule has 1 fully saturated rings. The monoisotopic (exact) mass is 237 g/mol. The van der Waals surface area contributed by atoms with Crippen molar-refractivity contribution in [3.8, 4) is 0 Å². The summed E-state index contributed by atoms with van der Waals surface area (Å²) in [5.74, 6) is 0. The lowest BCUT2D eigenvalue weighted by molar-refractivity contribution is 0.0178. The summed E-state index contributed by atoms with van der Waals surface area (Å²) < 4.78 is 8.02. The standard InChI is InChI=1S/C13H23N3O/c1-3-11-9-12(16(4-2)15-11)10-17-13-5-7-14-8-6-13/h9,13-14H,3-8,10H2,1-2H3. The van der Waals surface area contributed by atoms with E-state index < -0.39 is 0 Å². The Bertz CT molecular complexity index is 342. The topological polar surface area (TPSA) is 39.1 Å². The van der Waals surface area contributed by atoms with Gasteiger partial charge in [0.25, 0.3) is 0 Å². The molecule has 0 radical (unpaired) electrons. The molecular formula is C13H23N3O.